The van der Waals surface area contributed by atoms with Crippen LogP contribution < -0.4 is 0 Å². The fraction of sp³-hybridized carbons (Fsp3) is 0.900. The van der Waals surface area contributed by atoms with E-state index >= 15 is 0 Å². The lowest BCUT2D eigenvalue weighted by atomic mass is 9.45. The maximum absolute atomic E-state index is 13.3. The molecule has 0 aromatic rings. The van der Waals surface area contributed by atoms with Crippen molar-refractivity contribution in [3.8, 4) is 0 Å². The van der Waals surface area contributed by atoms with Gasteiger partial charge in [0.15, 0.2) is 0 Å². The van der Waals surface area contributed by atoms with Crippen LogP contribution in [0.2, 0.25) is 0 Å². The van der Waals surface area contributed by atoms with Gasteiger partial charge in [-0.15, -0.1) is 0 Å². The first kappa shape index (κ1) is 25.3. The molecule has 0 radical (unpaired) electrons. The van der Waals surface area contributed by atoms with Crippen LogP contribution in [-0.2, 0) is 14.3 Å². The van der Waals surface area contributed by atoms with E-state index in [0.717, 1.165) is 30.1 Å². The van der Waals surface area contributed by atoms with Gasteiger partial charge in [-0.05, 0) is 116 Å². The van der Waals surface area contributed by atoms with Crippen molar-refractivity contribution in [3.63, 3.8) is 0 Å². The van der Waals surface area contributed by atoms with Gasteiger partial charge in [-0.25, -0.2) is 0 Å². The van der Waals surface area contributed by atoms with Gasteiger partial charge in [-0.3, -0.25) is 4.79 Å². The normalized spacial score (nSPS) is 48.1. The smallest absolute Gasteiger partial charge is 0.309 e. The largest absolute Gasteiger partial charge is 0.466 e. The molecule has 10 atom stereocenters. The van der Waals surface area contributed by atoms with Crippen LogP contribution in [0.4, 0.5) is 0 Å². The third-order valence-electron chi connectivity index (χ3n) is 12.1. The Morgan fingerprint density at radius 1 is 1.12 bits per heavy atom. The lowest BCUT2D eigenvalue weighted by Gasteiger charge is -2.61. The molecule has 0 heterocycles. The molecule has 1 spiro atoms. The van der Waals surface area contributed by atoms with Gasteiger partial charge in [-0.1, -0.05) is 49.7 Å². The first-order valence-electron chi connectivity index (χ1n) is 14.2. The van der Waals surface area contributed by atoms with Crippen molar-refractivity contribution in [1.82, 2.24) is 0 Å². The van der Waals surface area contributed by atoms with Gasteiger partial charge in [0.05, 0.1) is 18.6 Å². The Bertz CT molecular complexity index is 837. The predicted molar refractivity (Wildman–Crippen MR) is 140 cm³/mol. The van der Waals surface area contributed by atoms with E-state index in [1.54, 1.807) is 0 Å². The molecule has 0 aliphatic heterocycles. The molecule has 4 heteroatoms. The Kier molecular flexibility index (Phi) is 6.62. The van der Waals surface area contributed by atoms with Gasteiger partial charge in [0.25, 0.3) is 0 Å². The van der Waals surface area contributed by atoms with Crippen molar-refractivity contribution < 1.29 is 14.3 Å². The number of carbonyl (C=O) groups excluding carboxylic acids is 1. The monoisotopic (exact) mass is 534 g/mol. The fourth-order valence-electron chi connectivity index (χ4n) is 10.4. The highest BCUT2D eigenvalue weighted by Crippen LogP contribution is 2.82. The standard InChI is InChI=1S/C30H47BrO3/c1-7-34-27(32)20(8-11-25(31)18(2)3)22-9-10-23-21-16-26(33-6)30-17-19(30)12-15-29(30,5)24(21)13-14-28(22,23)4/h11,18-24,26H,7-10,12-17H2,1-6H3/b25-11-/t19-,20-,21+,22-,23+,24+,26-,28-,29-,30+/m1/s1. The summed E-state index contributed by atoms with van der Waals surface area (Å²) in [7, 11) is 1.98. The van der Waals surface area contributed by atoms with Gasteiger partial charge >= 0.3 is 5.97 Å². The van der Waals surface area contributed by atoms with Crippen molar-refractivity contribution in [1.29, 1.82) is 0 Å². The van der Waals surface area contributed by atoms with Gasteiger partial charge in [-0.2, -0.15) is 0 Å². The van der Waals surface area contributed by atoms with E-state index < -0.39 is 0 Å². The molecule has 0 N–H and O–H groups in total. The second-order valence-electron chi connectivity index (χ2n) is 13.3. The van der Waals surface area contributed by atoms with E-state index in [0.29, 0.717) is 35.4 Å². The minimum absolute atomic E-state index is 0.0257. The Labute approximate surface area is 216 Å². The second-order valence-corrected chi connectivity index (χ2v) is 14.2. The van der Waals surface area contributed by atoms with E-state index in [-0.39, 0.29) is 17.3 Å². The molecule has 5 aliphatic carbocycles. The molecule has 5 fully saturated rings. The molecule has 3 nitrogen and oxygen atoms in total. The van der Waals surface area contributed by atoms with Crippen LogP contribution in [-0.4, -0.2) is 25.8 Å². The highest BCUT2D eigenvalue weighted by Gasteiger charge is 2.77. The van der Waals surface area contributed by atoms with Crippen LogP contribution in [0.3, 0.4) is 0 Å². The number of rotatable bonds is 7. The molecular formula is C30H47BrO3. The molecule has 192 valence electrons. The van der Waals surface area contributed by atoms with Crippen LogP contribution in [0.5, 0.6) is 0 Å². The molecule has 5 aliphatic rings. The van der Waals surface area contributed by atoms with E-state index in [9.17, 15) is 4.79 Å². The second kappa shape index (κ2) is 8.89. The number of hydrogen-bond acceptors (Lipinski definition) is 3. The number of hydrogen-bond donors (Lipinski definition) is 0. The zero-order valence-corrected chi connectivity index (χ0v) is 24.0. The SMILES string of the molecule is CCOC(=O)[C@H](C/C=C(\Br)C(C)C)[C@H]1CC[C@H]2[C@@H]3C[C@@H](OC)[C@]45C[C@H]4CC[C@]5(C)[C@H]3CC[C@]12C. The summed E-state index contributed by atoms with van der Waals surface area (Å²) < 4.78 is 13.2. The zero-order chi connectivity index (χ0) is 24.5. The number of fused-ring (bicyclic) bond motifs is 4. The Hall–Kier alpha value is -0.350. The summed E-state index contributed by atoms with van der Waals surface area (Å²) in [5.74, 6) is 4.11. The lowest BCUT2D eigenvalue weighted by molar-refractivity contribution is -0.167. The van der Waals surface area contributed by atoms with E-state index in [4.69, 9.17) is 9.47 Å². The Morgan fingerprint density at radius 2 is 1.88 bits per heavy atom. The third-order valence-corrected chi connectivity index (χ3v) is 13.3. The van der Waals surface area contributed by atoms with Gasteiger partial charge < -0.3 is 9.47 Å². The average molecular weight is 536 g/mol. The fourth-order valence-corrected chi connectivity index (χ4v) is 10.6. The maximum Gasteiger partial charge on any atom is 0.309 e. The summed E-state index contributed by atoms with van der Waals surface area (Å²) in [6.45, 7) is 12.0. The molecule has 0 saturated heterocycles. The summed E-state index contributed by atoms with van der Waals surface area (Å²) in [6.07, 6.45) is 14.1. The molecule has 0 amide bonds. The minimum Gasteiger partial charge on any atom is -0.466 e. The number of methoxy groups -OCH3 is 1. The van der Waals surface area contributed by atoms with Gasteiger partial charge in [0.1, 0.15) is 0 Å². The third kappa shape index (κ3) is 3.46. The summed E-state index contributed by atoms with van der Waals surface area (Å²) in [5.41, 5.74) is 1.18. The number of allylic oxidation sites excluding steroid dienone is 2. The van der Waals surface area contributed by atoms with Crippen LogP contribution in [0.25, 0.3) is 0 Å². The Morgan fingerprint density at radius 3 is 2.53 bits per heavy atom. The molecule has 0 bridgehead atoms. The Balaban J connectivity index is 1.42. The molecule has 5 rings (SSSR count). The molecular weight excluding hydrogens is 488 g/mol. The van der Waals surface area contributed by atoms with E-state index in [2.05, 4.69) is 49.7 Å². The van der Waals surface area contributed by atoms with Crippen LogP contribution in [0, 0.1) is 57.7 Å². The highest BCUT2D eigenvalue weighted by atomic mass is 79.9. The molecule has 5 saturated carbocycles. The van der Waals surface area contributed by atoms with Crippen molar-refractivity contribution >= 4 is 21.9 Å². The predicted octanol–water partition coefficient (Wildman–Crippen LogP) is 7.77. The number of halogens is 1. The summed E-state index contributed by atoms with van der Waals surface area (Å²) in [5, 5.41) is 0. The summed E-state index contributed by atoms with van der Waals surface area (Å²) >= 11 is 3.75. The quantitative estimate of drug-likeness (QED) is 0.313. The molecule has 34 heavy (non-hydrogen) atoms. The van der Waals surface area contributed by atoms with Crippen molar-refractivity contribution in [2.75, 3.05) is 13.7 Å². The van der Waals surface area contributed by atoms with Crippen molar-refractivity contribution in [3.05, 3.63) is 10.6 Å². The summed E-state index contributed by atoms with van der Waals surface area (Å²) in [6, 6.07) is 0. The summed E-state index contributed by atoms with van der Waals surface area (Å²) in [4.78, 5) is 13.3. The first-order valence-corrected chi connectivity index (χ1v) is 15.0. The first-order chi connectivity index (χ1) is 16.1. The number of esters is 1. The van der Waals surface area contributed by atoms with Crippen molar-refractivity contribution in [2.24, 2.45) is 57.7 Å². The van der Waals surface area contributed by atoms with Gasteiger partial charge in [0.2, 0.25) is 0 Å². The van der Waals surface area contributed by atoms with Gasteiger partial charge in [0, 0.05) is 12.5 Å². The van der Waals surface area contributed by atoms with Crippen LogP contribution >= 0.6 is 15.9 Å². The van der Waals surface area contributed by atoms with E-state index in [1.165, 1.54) is 55.8 Å². The number of carbonyl (C=O) groups is 1. The average Bonchev–Trinajstić information content (AvgIpc) is 3.32. The molecule has 0 unspecified atom stereocenters. The maximum atomic E-state index is 13.3. The molecule has 0 aromatic heterocycles. The highest BCUT2D eigenvalue weighted by molar-refractivity contribution is 9.11. The van der Waals surface area contributed by atoms with Crippen molar-refractivity contribution in [2.45, 2.75) is 98.5 Å². The van der Waals surface area contributed by atoms with Crippen LogP contribution in [0.1, 0.15) is 92.4 Å². The van der Waals surface area contributed by atoms with Crippen LogP contribution in [0.15, 0.2) is 10.6 Å². The lowest BCUT2D eigenvalue weighted by Crippen LogP contribution is -2.57. The number of ether oxygens (including phenoxy) is 2. The zero-order valence-electron chi connectivity index (χ0n) is 22.4. The minimum atomic E-state index is -0.0270. The van der Waals surface area contributed by atoms with E-state index in [1.807, 2.05) is 14.0 Å². The molecule has 0 aromatic carbocycles. The topological polar surface area (TPSA) is 35.5 Å².